The normalized spacial score (nSPS) is 21.6. The zero-order chi connectivity index (χ0) is 7.56. The van der Waals surface area contributed by atoms with Crippen LogP contribution in [0.15, 0.2) is 0 Å². The highest BCUT2D eigenvalue weighted by molar-refractivity contribution is 4.83. The lowest BCUT2D eigenvalue weighted by atomic mass is 10.2. The minimum Gasteiger partial charge on any atom is -0.309 e. The highest BCUT2D eigenvalue weighted by Crippen LogP contribution is 2.32. The van der Waals surface area contributed by atoms with Gasteiger partial charge in [-0.15, -0.1) is 0 Å². The monoisotopic (exact) mass is 149 g/mol. The van der Waals surface area contributed by atoms with E-state index in [-0.39, 0.29) is 12.6 Å². The summed E-state index contributed by atoms with van der Waals surface area (Å²) in [5.74, 6) is 0.666. The van der Waals surface area contributed by atoms with Crippen molar-refractivity contribution < 1.29 is 8.78 Å². The Morgan fingerprint density at radius 3 is 2.50 bits per heavy atom. The van der Waals surface area contributed by atoms with E-state index in [1.807, 2.05) is 6.92 Å². The third-order valence-corrected chi connectivity index (χ3v) is 1.92. The first kappa shape index (κ1) is 7.92. The van der Waals surface area contributed by atoms with Gasteiger partial charge in [-0.2, -0.15) is 0 Å². The van der Waals surface area contributed by atoms with E-state index in [2.05, 4.69) is 5.32 Å². The van der Waals surface area contributed by atoms with Crippen molar-refractivity contribution in [3.63, 3.8) is 0 Å². The van der Waals surface area contributed by atoms with Gasteiger partial charge < -0.3 is 5.32 Å². The maximum Gasteiger partial charge on any atom is 0.250 e. The van der Waals surface area contributed by atoms with Gasteiger partial charge in [0.2, 0.25) is 0 Å². The first-order valence-corrected chi connectivity index (χ1v) is 3.71. The Labute approximate surface area is 59.8 Å². The highest BCUT2D eigenvalue weighted by atomic mass is 19.3. The van der Waals surface area contributed by atoms with Crippen molar-refractivity contribution in [2.75, 3.05) is 6.54 Å². The fourth-order valence-electron chi connectivity index (χ4n) is 1.04. The SMILES string of the molecule is CC(NCC(F)F)C1CC1. The average molecular weight is 149 g/mol. The minimum atomic E-state index is -2.21. The van der Waals surface area contributed by atoms with Crippen LogP contribution in [0.2, 0.25) is 0 Å². The highest BCUT2D eigenvalue weighted by Gasteiger charge is 2.27. The largest absolute Gasteiger partial charge is 0.309 e. The van der Waals surface area contributed by atoms with Gasteiger partial charge in [0.15, 0.2) is 0 Å². The second-order valence-corrected chi connectivity index (χ2v) is 2.93. The maximum atomic E-state index is 11.6. The summed E-state index contributed by atoms with van der Waals surface area (Å²) in [5.41, 5.74) is 0. The van der Waals surface area contributed by atoms with Crippen molar-refractivity contribution >= 4 is 0 Å². The minimum absolute atomic E-state index is 0.155. The summed E-state index contributed by atoms with van der Waals surface area (Å²) in [4.78, 5) is 0. The van der Waals surface area contributed by atoms with Gasteiger partial charge in [0.05, 0.1) is 6.54 Å². The molecule has 1 rings (SSSR count). The molecule has 10 heavy (non-hydrogen) atoms. The summed E-state index contributed by atoms with van der Waals surface area (Å²) in [6, 6.07) is 0.286. The van der Waals surface area contributed by atoms with E-state index in [0.29, 0.717) is 5.92 Å². The summed E-state index contributed by atoms with van der Waals surface area (Å²) >= 11 is 0. The number of rotatable bonds is 4. The molecule has 1 atom stereocenters. The molecule has 0 aromatic heterocycles. The van der Waals surface area contributed by atoms with Crippen molar-refractivity contribution in [2.24, 2.45) is 5.92 Å². The van der Waals surface area contributed by atoms with Crippen molar-refractivity contribution in [3.05, 3.63) is 0 Å². The second kappa shape index (κ2) is 3.28. The Kier molecular flexibility index (Phi) is 2.60. The summed E-state index contributed by atoms with van der Waals surface area (Å²) in [5, 5.41) is 2.79. The zero-order valence-electron chi connectivity index (χ0n) is 6.11. The zero-order valence-corrected chi connectivity index (χ0v) is 6.11. The van der Waals surface area contributed by atoms with Crippen LogP contribution in [0.5, 0.6) is 0 Å². The van der Waals surface area contributed by atoms with E-state index >= 15 is 0 Å². The molecule has 0 radical (unpaired) electrons. The van der Waals surface area contributed by atoms with Crippen molar-refractivity contribution in [1.29, 1.82) is 0 Å². The van der Waals surface area contributed by atoms with Gasteiger partial charge in [-0.05, 0) is 25.7 Å². The van der Waals surface area contributed by atoms with Gasteiger partial charge in [0.25, 0.3) is 6.43 Å². The van der Waals surface area contributed by atoms with E-state index in [9.17, 15) is 8.78 Å². The molecule has 0 aromatic rings. The van der Waals surface area contributed by atoms with Crippen LogP contribution in [-0.2, 0) is 0 Å². The molecular formula is C7H13F2N. The predicted molar refractivity (Wildman–Crippen MR) is 36.2 cm³/mol. The topological polar surface area (TPSA) is 12.0 Å². The summed E-state index contributed by atoms with van der Waals surface area (Å²) < 4.78 is 23.2. The first-order chi connectivity index (χ1) is 4.70. The van der Waals surface area contributed by atoms with Crippen LogP contribution in [0, 0.1) is 5.92 Å². The smallest absolute Gasteiger partial charge is 0.250 e. The molecular weight excluding hydrogens is 136 g/mol. The second-order valence-electron chi connectivity index (χ2n) is 2.93. The quantitative estimate of drug-likeness (QED) is 0.640. The fourth-order valence-corrected chi connectivity index (χ4v) is 1.04. The van der Waals surface area contributed by atoms with Crippen molar-refractivity contribution in [1.82, 2.24) is 5.32 Å². The predicted octanol–water partition coefficient (Wildman–Crippen LogP) is 1.64. The lowest BCUT2D eigenvalue weighted by molar-refractivity contribution is 0.141. The van der Waals surface area contributed by atoms with Crippen LogP contribution in [0.3, 0.4) is 0 Å². The Balaban J connectivity index is 2.00. The van der Waals surface area contributed by atoms with Crippen LogP contribution in [0.1, 0.15) is 19.8 Å². The first-order valence-electron chi connectivity index (χ1n) is 3.71. The Hall–Kier alpha value is -0.180. The van der Waals surface area contributed by atoms with Crippen LogP contribution in [0.25, 0.3) is 0 Å². The van der Waals surface area contributed by atoms with Gasteiger partial charge in [0.1, 0.15) is 0 Å². The summed E-state index contributed by atoms with van der Waals surface area (Å²) in [7, 11) is 0. The fraction of sp³-hybridized carbons (Fsp3) is 1.00. The van der Waals surface area contributed by atoms with Gasteiger partial charge in [-0.3, -0.25) is 0 Å². The van der Waals surface area contributed by atoms with Crippen LogP contribution >= 0.6 is 0 Å². The Morgan fingerprint density at radius 1 is 1.50 bits per heavy atom. The number of hydrogen-bond donors (Lipinski definition) is 1. The molecule has 1 fully saturated rings. The Bertz CT molecular complexity index is 102. The lowest BCUT2D eigenvalue weighted by Gasteiger charge is -2.11. The maximum absolute atomic E-state index is 11.6. The van der Waals surface area contributed by atoms with Crippen LogP contribution in [-0.4, -0.2) is 19.0 Å². The molecule has 0 aliphatic heterocycles. The molecule has 60 valence electrons. The molecule has 1 aliphatic carbocycles. The summed E-state index contributed by atoms with van der Waals surface area (Å²) in [6.07, 6.45) is 0.204. The molecule has 1 saturated carbocycles. The third kappa shape index (κ3) is 2.60. The van der Waals surface area contributed by atoms with Crippen LogP contribution in [0.4, 0.5) is 8.78 Å². The third-order valence-electron chi connectivity index (χ3n) is 1.92. The Morgan fingerprint density at radius 2 is 2.10 bits per heavy atom. The van der Waals surface area contributed by atoms with Gasteiger partial charge in [0, 0.05) is 6.04 Å². The molecule has 0 saturated heterocycles. The number of alkyl halides is 2. The van der Waals surface area contributed by atoms with E-state index in [0.717, 1.165) is 0 Å². The van der Waals surface area contributed by atoms with Gasteiger partial charge in [-0.25, -0.2) is 8.78 Å². The van der Waals surface area contributed by atoms with E-state index in [1.54, 1.807) is 0 Å². The standard InChI is InChI=1S/C7H13F2N/c1-5(6-2-3-6)10-4-7(8)9/h5-7,10H,2-4H2,1H3. The van der Waals surface area contributed by atoms with Gasteiger partial charge >= 0.3 is 0 Å². The molecule has 1 unspecified atom stereocenters. The molecule has 0 bridgehead atoms. The molecule has 0 heterocycles. The van der Waals surface area contributed by atoms with E-state index in [4.69, 9.17) is 0 Å². The lowest BCUT2D eigenvalue weighted by Crippen LogP contribution is -2.31. The number of nitrogens with one attached hydrogen (secondary N) is 1. The van der Waals surface area contributed by atoms with E-state index < -0.39 is 6.43 Å². The molecule has 1 nitrogen and oxygen atoms in total. The summed E-state index contributed by atoms with van der Waals surface area (Å²) in [6.45, 7) is 1.82. The molecule has 3 heteroatoms. The molecule has 1 aliphatic rings. The van der Waals surface area contributed by atoms with Crippen LogP contribution < -0.4 is 5.32 Å². The van der Waals surface area contributed by atoms with Crippen molar-refractivity contribution in [3.8, 4) is 0 Å². The van der Waals surface area contributed by atoms with Crippen molar-refractivity contribution in [2.45, 2.75) is 32.2 Å². The number of hydrogen-bond acceptors (Lipinski definition) is 1. The average Bonchev–Trinajstić information content (AvgIpc) is 2.63. The molecule has 0 amide bonds. The van der Waals surface area contributed by atoms with Gasteiger partial charge in [-0.1, -0.05) is 0 Å². The van der Waals surface area contributed by atoms with E-state index in [1.165, 1.54) is 12.8 Å². The number of halogens is 2. The molecule has 0 spiro atoms. The molecule has 1 N–H and O–H groups in total. The molecule has 0 aromatic carbocycles.